The highest BCUT2D eigenvalue weighted by Crippen LogP contribution is 2.20. The molecular formula is C10H12FNS. The minimum absolute atomic E-state index is 0.259. The number of hydrogen-bond acceptors (Lipinski definition) is 2. The molecule has 0 atom stereocenters. The van der Waals surface area contributed by atoms with E-state index in [1.807, 2.05) is 6.08 Å². The third-order valence-corrected chi connectivity index (χ3v) is 2.00. The van der Waals surface area contributed by atoms with Crippen molar-refractivity contribution >= 4 is 24.4 Å². The highest BCUT2D eigenvalue weighted by Gasteiger charge is 2.01. The largest absolute Gasteiger partial charge is 0.398 e. The molecule has 0 radical (unpaired) electrons. The van der Waals surface area contributed by atoms with Crippen molar-refractivity contribution in [3.63, 3.8) is 0 Å². The Morgan fingerprint density at radius 1 is 1.54 bits per heavy atom. The second-order valence-electron chi connectivity index (χ2n) is 2.81. The number of nitrogen functional groups attached to an aromatic ring is 1. The fourth-order valence-electron chi connectivity index (χ4n) is 1.10. The highest BCUT2D eigenvalue weighted by atomic mass is 32.1. The quantitative estimate of drug-likeness (QED) is 0.553. The lowest BCUT2D eigenvalue weighted by Crippen LogP contribution is -1.94. The Morgan fingerprint density at radius 3 is 2.85 bits per heavy atom. The molecule has 0 aromatic heterocycles. The molecule has 0 aliphatic heterocycles. The van der Waals surface area contributed by atoms with Crippen molar-refractivity contribution in [2.75, 3.05) is 11.5 Å². The fourth-order valence-corrected chi connectivity index (χ4v) is 1.20. The fraction of sp³-hybridized carbons (Fsp3) is 0.200. The molecule has 3 heteroatoms. The zero-order valence-corrected chi connectivity index (χ0v) is 8.31. The minimum Gasteiger partial charge on any atom is -0.398 e. The first-order chi connectivity index (χ1) is 6.15. The zero-order valence-electron chi connectivity index (χ0n) is 7.42. The predicted molar refractivity (Wildman–Crippen MR) is 58.4 cm³/mol. The number of benzene rings is 1. The van der Waals surface area contributed by atoms with Gasteiger partial charge in [0.15, 0.2) is 0 Å². The monoisotopic (exact) mass is 197 g/mol. The van der Waals surface area contributed by atoms with Crippen molar-refractivity contribution in [2.45, 2.75) is 6.92 Å². The summed E-state index contributed by atoms with van der Waals surface area (Å²) in [6.45, 7) is 1.79. The van der Waals surface area contributed by atoms with E-state index in [0.29, 0.717) is 17.0 Å². The molecule has 70 valence electrons. The molecule has 13 heavy (non-hydrogen) atoms. The van der Waals surface area contributed by atoms with Crippen LogP contribution in [0.3, 0.4) is 0 Å². The van der Waals surface area contributed by atoms with E-state index in [0.717, 1.165) is 5.56 Å². The van der Waals surface area contributed by atoms with Gasteiger partial charge in [0.05, 0.1) is 0 Å². The summed E-state index contributed by atoms with van der Waals surface area (Å²) < 4.78 is 12.9. The molecule has 0 unspecified atom stereocenters. The molecule has 0 spiro atoms. The molecular weight excluding hydrogens is 185 g/mol. The lowest BCUT2D eigenvalue weighted by molar-refractivity contribution is 0.626. The smallest absolute Gasteiger partial charge is 0.124 e. The summed E-state index contributed by atoms with van der Waals surface area (Å²) in [4.78, 5) is 0. The molecule has 0 amide bonds. The first-order valence-electron chi connectivity index (χ1n) is 3.98. The van der Waals surface area contributed by atoms with Crippen molar-refractivity contribution in [3.8, 4) is 0 Å². The Morgan fingerprint density at radius 2 is 2.23 bits per heavy atom. The Labute approximate surface area is 82.9 Å². The maximum atomic E-state index is 12.9. The summed E-state index contributed by atoms with van der Waals surface area (Å²) in [7, 11) is 0. The van der Waals surface area contributed by atoms with Gasteiger partial charge in [0.1, 0.15) is 5.82 Å². The average Bonchev–Trinajstić information content (AvgIpc) is 2.09. The number of aryl methyl sites for hydroxylation is 1. The first-order valence-corrected chi connectivity index (χ1v) is 4.61. The van der Waals surface area contributed by atoms with Crippen LogP contribution in [0, 0.1) is 12.7 Å². The summed E-state index contributed by atoms with van der Waals surface area (Å²) in [6, 6.07) is 2.84. The first kappa shape index (κ1) is 10.1. The van der Waals surface area contributed by atoms with Gasteiger partial charge >= 0.3 is 0 Å². The Hall–Kier alpha value is -0.960. The molecule has 0 aliphatic carbocycles. The van der Waals surface area contributed by atoms with Gasteiger partial charge in [0.25, 0.3) is 0 Å². The van der Waals surface area contributed by atoms with Crippen LogP contribution in [0.2, 0.25) is 0 Å². The van der Waals surface area contributed by atoms with Crippen molar-refractivity contribution in [1.29, 1.82) is 0 Å². The van der Waals surface area contributed by atoms with E-state index in [1.165, 1.54) is 12.1 Å². The van der Waals surface area contributed by atoms with E-state index < -0.39 is 0 Å². The van der Waals surface area contributed by atoms with Gasteiger partial charge in [-0.05, 0) is 24.6 Å². The number of rotatable bonds is 2. The van der Waals surface area contributed by atoms with Gasteiger partial charge in [0.2, 0.25) is 0 Å². The van der Waals surface area contributed by atoms with E-state index in [1.54, 1.807) is 13.0 Å². The second-order valence-corrected chi connectivity index (χ2v) is 3.18. The zero-order chi connectivity index (χ0) is 9.84. The highest BCUT2D eigenvalue weighted by molar-refractivity contribution is 7.80. The van der Waals surface area contributed by atoms with Crippen LogP contribution >= 0.6 is 12.6 Å². The van der Waals surface area contributed by atoms with Gasteiger partial charge in [-0.15, -0.1) is 0 Å². The van der Waals surface area contributed by atoms with E-state index >= 15 is 0 Å². The van der Waals surface area contributed by atoms with Crippen LogP contribution in [0.25, 0.3) is 6.08 Å². The lowest BCUT2D eigenvalue weighted by atomic mass is 10.1. The van der Waals surface area contributed by atoms with Gasteiger partial charge in [-0.3, -0.25) is 0 Å². The second kappa shape index (κ2) is 4.33. The topological polar surface area (TPSA) is 26.0 Å². The van der Waals surface area contributed by atoms with E-state index in [9.17, 15) is 4.39 Å². The van der Waals surface area contributed by atoms with Crippen LogP contribution in [0.1, 0.15) is 11.1 Å². The number of hydrogen-bond donors (Lipinski definition) is 2. The van der Waals surface area contributed by atoms with E-state index in [4.69, 9.17) is 5.73 Å². The SMILES string of the molecule is Cc1cc(F)cc(C=CCS)c1N. The van der Waals surface area contributed by atoms with Crippen LogP contribution in [0.5, 0.6) is 0 Å². The van der Waals surface area contributed by atoms with Crippen LogP contribution in [0.4, 0.5) is 10.1 Å². The predicted octanol–water partition coefficient (Wildman–Crippen LogP) is 2.66. The molecule has 1 aromatic rings. The molecule has 0 bridgehead atoms. The number of anilines is 1. The molecule has 2 N–H and O–H groups in total. The Bertz CT molecular complexity index is 334. The third-order valence-electron chi connectivity index (χ3n) is 1.79. The van der Waals surface area contributed by atoms with Crippen LogP contribution < -0.4 is 5.73 Å². The van der Waals surface area contributed by atoms with Crippen molar-refractivity contribution < 1.29 is 4.39 Å². The van der Waals surface area contributed by atoms with Crippen molar-refractivity contribution in [2.24, 2.45) is 0 Å². The molecule has 0 fully saturated rings. The molecule has 0 aliphatic rings. The molecule has 1 nitrogen and oxygen atoms in total. The number of halogens is 1. The molecule has 0 saturated heterocycles. The van der Waals surface area contributed by atoms with Gasteiger partial charge < -0.3 is 5.73 Å². The maximum absolute atomic E-state index is 12.9. The normalized spacial score (nSPS) is 11.0. The van der Waals surface area contributed by atoms with Crippen LogP contribution in [-0.2, 0) is 0 Å². The lowest BCUT2D eigenvalue weighted by Gasteiger charge is -2.04. The minimum atomic E-state index is -0.259. The Kier molecular flexibility index (Phi) is 3.37. The van der Waals surface area contributed by atoms with Gasteiger partial charge in [0, 0.05) is 17.0 Å². The third kappa shape index (κ3) is 2.49. The molecule has 1 rings (SSSR count). The summed E-state index contributed by atoms with van der Waals surface area (Å²) in [5, 5.41) is 0. The standard InChI is InChI=1S/C10H12FNS/c1-7-5-9(11)6-8(10(7)12)3-2-4-13/h2-3,5-6,13H,4,12H2,1H3. The van der Waals surface area contributed by atoms with Gasteiger partial charge in [-0.2, -0.15) is 12.6 Å². The maximum Gasteiger partial charge on any atom is 0.124 e. The van der Waals surface area contributed by atoms with Gasteiger partial charge in [-0.25, -0.2) is 4.39 Å². The number of nitrogens with two attached hydrogens (primary N) is 1. The summed E-state index contributed by atoms with van der Waals surface area (Å²) in [5.41, 5.74) is 7.85. The van der Waals surface area contributed by atoms with E-state index in [2.05, 4.69) is 12.6 Å². The van der Waals surface area contributed by atoms with Crippen molar-refractivity contribution in [1.82, 2.24) is 0 Å². The van der Waals surface area contributed by atoms with E-state index in [-0.39, 0.29) is 5.82 Å². The summed E-state index contributed by atoms with van der Waals surface area (Å²) in [6.07, 6.45) is 3.60. The van der Waals surface area contributed by atoms with Crippen LogP contribution in [0.15, 0.2) is 18.2 Å². The summed E-state index contributed by atoms with van der Waals surface area (Å²) in [5.74, 6) is 0.361. The Balaban J connectivity index is 3.12. The average molecular weight is 197 g/mol. The molecule has 0 heterocycles. The molecule has 0 saturated carbocycles. The number of thiol groups is 1. The molecule has 1 aromatic carbocycles. The van der Waals surface area contributed by atoms with Crippen LogP contribution in [-0.4, -0.2) is 5.75 Å². The van der Waals surface area contributed by atoms with Gasteiger partial charge in [-0.1, -0.05) is 12.2 Å². The van der Waals surface area contributed by atoms with Crippen molar-refractivity contribution in [3.05, 3.63) is 35.2 Å². The summed E-state index contributed by atoms with van der Waals surface area (Å²) >= 11 is 4.02.